The number of rotatable bonds is 5. The van der Waals surface area contributed by atoms with Gasteiger partial charge in [0.15, 0.2) is 0 Å². The minimum Gasteiger partial charge on any atom is -0.339 e. The molecule has 0 saturated carbocycles. The molecule has 0 atom stereocenters. The van der Waals surface area contributed by atoms with Crippen LogP contribution < -0.4 is 0 Å². The van der Waals surface area contributed by atoms with Crippen molar-refractivity contribution in [1.29, 1.82) is 0 Å². The number of benzene rings is 2. The molecule has 1 fully saturated rings. The predicted molar refractivity (Wildman–Crippen MR) is 116 cm³/mol. The Bertz CT molecular complexity index is 1020. The Balaban J connectivity index is 1.37. The van der Waals surface area contributed by atoms with Gasteiger partial charge in [-0.2, -0.15) is 0 Å². The van der Waals surface area contributed by atoms with Crippen LogP contribution in [0.4, 0.5) is 4.39 Å². The number of aromatic nitrogens is 2. The summed E-state index contributed by atoms with van der Waals surface area (Å²) in [6.07, 6.45) is 4.79. The van der Waals surface area contributed by atoms with Gasteiger partial charge in [-0.1, -0.05) is 29.8 Å². The fraction of sp³-hybridized carbons (Fsp3) is 0.360. The smallest absolute Gasteiger partial charge is 0.253 e. The van der Waals surface area contributed by atoms with Gasteiger partial charge >= 0.3 is 0 Å². The van der Waals surface area contributed by atoms with Crippen LogP contribution in [0, 0.1) is 25.6 Å². The molecule has 0 N–H and O–H groups in total. The number of aryl methyl sites for hydroxylation is 2. The molecule has 4 rings (SSSR count). The standard InChI is InChI=1S/C25H28FN3O/c1-18-4-3-5-22(14-18)25(30)28-12-10-20(11-13-28)15-24-27-16-19(2)29(24)17-21-6-8-23(26)9-7-21/h3-9,14,16,20H,10-13,15,17H2,1-2H3. The molecule has 0 radical (unpaired) electrons. The number of carbonyl (C=O) groups excluding carboxylic acids is 1. The molecule has 5 heteroatoms. The molecule has 1 aromatic heterocycles. The molecule has 2 aromatic carbocycles. The molecule has 1 amide bonds. The second-order valence-electron chi connectivity index (χ2n) is 8.34. The van der Waals surface area contributed by atoms with Gasteiger partial charge in [0, 0.05) is 43.5 Å². The molecule has 4 nitrogen and oxygen atoms in total. The van der Waals surface area contributed by atoms with Gasteiger partial charge in [0.25, 0.3) is 5.91 Å². The summed E-state index contributed by atoms with van der Waals surface area (Å²) in [5.41, 5.74) is 4.07. The summed E-state index contributed by atoms with van der Waals surface area (Å²) >= 11 is 0. The molecule has 3 aromatic rings. The predicted octanol–water partition coefficient (Wildman–Crippen LogP) is 4.78. The monoisotopic (exact) mass is 405 g/mol. The first-order valence-electron chi connectivity index (χ1n) is 10.6. The number of imidazole rings is 1. The molecule has 0 unspecified atom stereocenters. The molecule has 30 heavy (non-hydrogen) atoms. The number of hydrogen-bond donors (Lipinski definition) is 0. The van der Waals surface area contributed by atoms with Crippen molar-refractivity contribution in [1.82, 2.24) is 14.5 Å². The van der Waals surface area contributed by atoms with Crippen molar-refractivity contribution < 1.29 is 9.18 Å². The van der Waals surface area contributed by atoms with Gasteiger partial charge in [-0.25, -0.2) is 9.37 Å². The van der Waals surface area contributed by atoms with E-state index in [4.69, 9.17) is 0 Å². The minimum absolute atomic E-state index is 0.130. The maximum absolute atomic E-state index is 13.2. The van der Waals surface area contributed by atoms with E-state index in [-0.39, 0.29) is 11.7 Å². The Kier molecular flexibility index (Phi) is 5.98. The number of piperidine rings is 1. The van der Waals surface area contributed by atoms with E-state index >= 15 is 0 Å². The van der Waals surface area contributed by atoms with Crippen LogP contribution >= 0.6 is 0 Å². The largest absolute Gasteiger partial charge is 0.339 e. The molecule has 0 bridgehead atoms. The van der Waals surface area contributed by atoms with Crippen LogP contribution in [0.15, 0.2) is 54.7 Å². The molecule has 1 aliphatic rings. The Morgan fingerprint density at radius 1 is 1.10 bits per heavy atom. The van der Waals surface area contributed by atoms with E-state index in [9.17, 15) is 9.18 Å². The number of likely N-dealkylation sites (tertiary alicyclic amines) is 1. The highest BCUT2D eigenvalue weighted by molar-refractivity contribution is 5.94. The average Bonchev–Trinajstić information content (AvgIpc) is 3.09. The zero-order valence-corrected chi connectivity index (χ0v) is 17.6. The number of carbonyl (C=O) groups is 1. The summed E-state index contributed by atoms with van der Waals surface area (Å²) in [4.78, 5) is 19.4. The molecule has 1 saturated heterocycles. The summed E-state index contributed by atoms with van der Waals surface area (Å²) in [6.45, 7) is 6.35. The van der Waals surface area contributed by atoms with Crippen molar-refractivity contribution >= 4 is 5.91 Å². The summed E-state index contributed by atoms with van der Waals surface area (Å²) in [6, 6.07) is 14.5. The number of hydrogen-bond acceptors (Lipinski definition) is 2. The average molecular weight is 406 g/mol. The minimum atomic E-state index is -0.215. The SMILES string of the molecule is Cc1cccc(C(=O)N2CCC(Cc3ncc(C)n3Cc3ccc(F)cc3)CC2)c1. The summed E-state index contributed by atoms with van der Waals surface area (Å²) < 4.78 is 15.4. The first kappa shape index (κ1) is 20.3. The van der Waals surface area contributed by atoms with Gasteiger partial charge in [-0.15, -0.1) is 0 Å². The van der Waals surface area contributed by atoms with Crippen molar-refractivity contribution in [2.24, 2.45) is 5.92 Å². The third kappa shape index (κ3) is 4.61. The lowest BCUT2D eigenvalue weighted by Gasteiger charge is -2.32. The molecular formula is C25H28FN3O. The van der Waals surface area contributed by atoms with Crippen molar-refractivity contribution in [3.63, 3.8) is 0 Å². The molecule has 0 spiro atoms. The number of nitrogens with zero attached hydrogens (tertiary/aromatic N) is 3. The van der Waals surface area contributed by atoms with Crippen LogP contribution in [-0.4, -0.2) is 33.4 Å². The number of halogens is 1. The number of amides is 1. The van der Waals surface area contributed by atoms with Crippen molar-refractivity contribution in [3.05, 3.63) is 88.8 Å². The Morgan fingerprint density at radius 3 is 2.53 bits per heavy atom. The van der Waals surface area contributed by atoms with E-state index in [1.54, 1.807) is 0 Å². The van der Waals surface area contributed by atoms with Gasteiger partial charge in [-0.3, -0.25) is 4.79 Å². The van der Waals surface area contributed by atoms with Crippen molar-refractivity contribution in [2.75, 3.05) is 13.1 Å². The third-order valence-corrected chi connectivity index (χ3v) is 6.03. The Morgan fingerprint density at radius 2 is 1.83 bits per heavy atom. The van der Waals surface area contributed by atoms with Gasteiger partial charge in [0.2, 0.25) is 0 Å². The highest BCUT2D eigenvalue weighted by Crippen LogP contribution is 2.24. The highest BCUT2D eigenvalue weighted by atomic mass is 19.1. The summed E-state index contributed by atoms with van der Waals surface area (Å²) in [5, 5.41) is 0. The highest BCUT2D eigenvalue weighted by Gasteiger charge is 2.25. The van der Waals surface area contributed by atoms with Crippen LogP contribution in [0.3, 0.4) is 0 Å². The van der Waals surface area contributed by atoms with E-state index in [1.807, 2.05) is 54.4 Å². The molecule has 156 valence electrons. The lowest BCUT2D eigenvalue weighted by atomic mass is 9.92. The Hall–Kier alpha value is -2.95. The van der Waals surface area contributed by atoms with E-state index in [0.717, 1.165) is 60.6 Å². The second-order valence-corrected chi connectivity index (χ2v) is 8.34. The van der Waals surface area contributed by atoms with Crippen molar-refractivity contribution in [2.45, 2.75) is 39.7 Å². The van der Waals surface area contributed by atoms with E-state index in [1.165, 1.54) is 12.1 Å². The zero-order chi connectivity index (χ0) is 21.1. The van der Waals surface area contributed by atoms with Gasteiger partial charge in [-0.05, 0) is 62.4 Å². The van der Waals surface area contributed by atoms with Crippen LogP contribution in [0.1, 0.15) is 45.8 Å². The quantitative estimate of drug-likeness (QED) is 0.613. The Labute approximate surface area is 177 Å². The maximum Gasteiger partial charge on any atom is 0.253 e. The first-order chi connectivity index (χ1) is 14.5. The second kappa shape index (κ2) is 8.82. The topological polar surface area (TPSA) is 38.1 Å². The molecule has 2 heterocycles. The van der Waals surface area contributed by atoms with E-state index in [0.29, 0.717) is 12.5 Å². The fourth-order valence-electron chi connectivity index (χ4n) is 4.22. The van der Waals surface area contributed by atoms with E-state index < -0.39 is 0 Å². The normalized spacial score (nSPS) is 14.8. The van der Waals surface area contributed by atoms with Gasteiger partial charge in [0.05, 0.1) is 0 Å². The lowest BCUT2D eigenvalue weighted by Crippen LogP contribution is -2.39. The molecule has 0 aliphatic carbocycles. The van der Waals surface area contributed by atoms with Crippen LogP contribution in [-0.2, 0) is 13.0 Å². The first-order valence-corrected chi connectivity index (χ1v) is 10.6. The lowest BCUT2D eigenvalue weighted by molar-refractivity contribution is 0.0689. The summed E-state index contributed by atoms with van der Waals surface area (Å²) in [7, 11) is 0. The third-order valence-electron chi connectivity index (χ3n) is 6.03. The zero-order valence-electron chi connectivity index (χ0n) is 17.6. The van der Waals surface area contributed by atoms with Gasteiger partial charge in [0.1, 0.15) is 11.6 Å². The summed E-state index contributed by atoms with van der Waals surface area (Å²) in [5.74, 6) is 1.50. The molecule has 1 aliphatic heterocycles. The fourth-order valence-corrected chi connectivity index (χ4v) is 4.22. The van der Waals surface area contributed by atoms with Crippen LogP contribution in [0.5, 0.6) is 0 Å². The van der Waals surface area contributed by atoms with Crippen LogP contribution in [0.25, 0.3) is 0 Å². The van der Waals surface area contributed by atoms with Crippen LogP contribution in [0.2, 0.25) is 0 Å². The van der Waals surface area contributed by atoms with Gasteiger partial charge < -0.3 is 9.47 Å². The molecular weight excluding hydrogens is 377 g/mol. The maximum atomic E-state index is 13.2. The van der Waals surface area contributed by atoms with Crippen molar-refractivity contribution in [3.8, 4) is 0 Å². The van der Waals surface area contributed by atoms with E-state index in [2.05, 4.69) is 16.5 Å².